The summed E-state index contributed by atoms with van der Waals surface area (Å²) in [6.45, 7) is 4.57. The molecule has 0 radical (unpaired) electrons. The van der Waals surface area contributed by atoms with Gasteiger partial charge in [0, 0.05) is 19.3 Å². The second kappa shape index (κ2) is 48.0. The quantitative estimate of drug-likeness (QED) is 0.0281. The molecular formula is C58H100NO7+. The van der Waals surface area contributed by atoms with E-state index in [2.05, 4.69) is 98.9 Å². The molecule has 0 heterocycles. The van der Waals surface area contributed by atoms with Crippen molar-refractivity contribution in [3.05, 3.63) is 85.1 Å². The van der Waals surface area contributed by atoms with Crippen molar-refractivity contribution in [2.24, 2.45) is 0 Å². The summed E-state index contributed by atoms with van der Waals surface area (Å²) in [7, 11) is 5.52. The minimum Gasteiger partial charge on any atom is -0.477 e. The molecule has 1 N–H and O–H groups in total. The highest BCUT2D eigenvalue weighted by Crippen LogP contribution is 2.15. The zero-order valence-corrected chi connectivity index (χ0v) is 43.1. The van der Waals surface area contributed by atoms with Crippen molar-refractivity contribution in [2.75, 3.05) is 41.0 Å². The second-order valence-corrected chi connectivity index (χ2v) is 18.7. The van der Waals surface area contributed by atoms with E-state index in [1.54, 1.807) is 0 Å². The highest BCUT2D eigenvalue weighted by Gasteiger charge is 2.31. The van der Waals surface area contributed by atoms with Crippen LogP contribution in [0.5, 0.6) is 0 Å². The molecular weight excluding hydrogens is 823 g/mol. The Balaban J connectivity index is 4.30. The van der Waals surface area contributed by atoms with Crippen LogP contribution in [0.2, 0.25) is 0 Å². The average molecular weight is 923 g/mol. The lowest BCUT2D eigenvalue weighted by molar-refractivity contribution is -0.887. The minimum atomic E-state index is -0.882. The molecule has 0 bridgehead atoms. The van der Waals surface area contributed by atoms with Gasteiger partial charge in [0.05, 0.1) is 34.4 Å². The summed E-state index contributed by atoms with van der Waals surface area (Å²) in [6, 6.07) is -0.626. The Morgan fingerprint density at radius 2 is 0.848 bits per heavy atom. The number of hydrogen-bond acceptors (Lipinski definition) is 6. The number of unbranched alkanes of at least 4 members (excludes halogenated alkanes) is 19. The number of rotatable bonds is 47. The molecule has 0 aliphatic heterocycles. The van der Waals surface area contributed by atoms with Crippen LogP contribution in [0.4, 0.5) is 0 Å². The van der Waals surface area contributed by atoms with E-state index in [0.717, 1.165) is 70.6 Å². The summed E-state index contributed by atoms with van der Waals surface area (Å²) < 4.78 is 17.3. The maximum Gasteiger partial charge on any atom is 0.362 e. The largest absolute Gasteiger partial charge is 0.477 e. The molecule has 0 aromatic heterocycles. The Hall–Kier alpha value is -3.49. The van der Waals surface area contributed by atoms with Crippen LogP contribution in [-0.4, -0.2) is 80.6 Å². The smallest absolute Gasteiger partial charge is 0.362 e. The van der Waals surface area contributed by atoms with E-state index in [4.69, 9.17) is 14.2 Å². The minimum absolute atomic E-state index is 0.0438. The van der Waals surface area contributed by atoms with Crippen molar-refractivity contribution in [1.29, 1.82) is 0 Å². The van der Waals surface area contributed by atoms with Crippen LogP contribution in [0.3, 0.4) is 0 Å². The van der Waals surface area contributed by atoms with Gasteiger partial charge in [0.15, 0.2) is 12.1 Å². The third-order valence-electron chi connectivity index (χ3n) is 11.5. The number of carbonyl (C=O) groups excluding carboxylic acids is 2. The number of allylic oxidation sites excluding steroid dienone is 14. The molecule has 0 saturated carbocycles. The lowest BCUT2D eigenvalue weighted by atomic mass is 10.0. The number of carbonyl (C=O) groups is 3. The van der Waals surface area contributed by atoms with Gasteiger partial charge in [0.1, 0.15) is 6.61 Å². The Morgan fingerprint density at radius 3 is 1.29 bits per heavy atom. The zero-order valence-electron chi connectivity index (χ0n) is 43.1. The van der Waals surface area contributed by atoms with Crippen LogP contribution in [-0.2, 0) is 28.6 Å². The van der Waals surface area contributed by atoms with E-state index >= 15 is 0 Å². The fourth-order valence-electron chi connectivity index (χ4n) is 7.44. The molecule has 0 spiro atoms. The Morgan fingerprint density at radius 1 is 0.470 bits per heavy atom. The van der Waals surface area contributed by atoms with Gasteiger partial charge in [-0.25, -0.2) is 4.79 Å². The van der Waals surface area contributed by atoms with Gasteiger partial charge in [-0.05, 0) is 89.9 Å². The number of carboxylic acid groups (broad SMARTS) is 1. The van der Waals surface area contributed by atoms with Crippen molar-refractivity contribution in [1.82, 2.24) is 0 Å². The highest BCUT2D eigenvalue weighted by atomic mass is 16.6. The Bertz CT molecular complexity index is 1350. The monoisotopic (exact) mass is 923 g/mol. The van der Waals surface area contributed by atoms with Crippen LogP contribution in [0.15, 0.2) is 85.1 Å². The Kier molecular flexibility index (Phi) is 45.4. The molecule has 0 aromatic carbocycles. The first kappa shape index (κ1) is 62.5. The van der Waals surface area contributed by atoms with Gasteiger partial charge >= 0.3 is 17.9 Å². The molecule has 0 rings (SSSR count). The molecule has 378 valence electrons. The van der Waals surface area contributed by atoms with Crippen LogP contribution >= 0.6 is 0 Å². The summed E-state index contributed by atoms with van der Waals surface area (Å²) >= 11 is 0. The summed E-state index contributed by atoms with van der Waals surface area (Å²) in [5.41, 5.74) is 0. The molecule has 0 saturated heterocycles. The van der Waals surface area contributed by atoms with Crippen LogP contribution in [0.25, 0.3) is 0 Å². The van der Waals surface area contributed by atoms with Gasteiger partial charge in [0.25, 0.3) is 0 Å². The zero-order chi connectivity index (χ0) is 48.4. The van der Waals surface area contributed by atoms with Gasteiger partial charge in [-0.3, -0.25) is 9.59 Å². The van der Waals surface area contributed by atoms with E-state index in [0.29, 0.717) is 25.7 Å². The predicted molar refractivity (Wildman–Crippen MR) is 280 cm³/mol. The van der Waals surface area contributed by atoms with E-state index in [-0.39, 0.29) is 36.2 Å². The fourth-order valence-corrected chi connectivity index (χ4v) is 7.44. The molecule has 0 aliphatic carbocycles. The molecule has 8 nitrogen and oxygen atoms in total. The third kappa shape index (κ3) is 45.7. The molecule has 8 heteroatoms. The van der Waals surface area contributed by atoms with E-state index in [9.17, 15) is 19.5 Å². The molecule has 0 aromatic rings. The van der Waals surface area contributed by atoms with Crippen molar-refractivity contribution in [3.63, 3.8) is 0 Å². The van der Waals surface area contributed by atoms with Crippen molar-refractivity contribution < 1.29 is 38.2 Å². The molecule has 2 atom stereocenters. The molecule has 0 fully saturated rings. The lowest BCUT2D eigenvalue weighted by Gasteiger charge is -2.31. The standard InChI is InChI=1S/C58H99NO7/c1-6-8-10-12-14-16-18-20-22-24-26-28-30-32-34-36-38-40-42-44-46-48-56(60)65-53-54(52-64-51-50-55(58(62)63)59(3,4)5)66-57(61)49-47-45-43-41-39-37-35-33-31-29-27-25-23-21-19-17-15-13-11-9-7-2/h9,11,14-17,20,22,26,28,32,34,38,40,54-55H,6-8,10,12-13,18-19,21,23-25,27,29-31,33,35-37,39,41-53H2,1-5H3/p+1/b11-9+,16-14+,17-15+,22-20+,28-26+,34-32+,40-38+. The molecule has 0 amide bonds. The number of aliphatic carboxylic acids is 1. The highest BCUT2D eigenvalue weighted by molar-refractivity contribution is 5.72. The van der Waals surface area contributed by atoms with Gasteiger partial charge < -0.3 is 23.8 Å². The van der Waals surface area contributed by atoms with Gasteiger partial charge in [-0.1, -0.05) is 189 Å². The third-order valence-corrected chi connectivity index (χ3v) is 11.5. The number of esters is 2. The number of nitrogens with zero attached hydrogens (tertiary/aromatic N) is 1. The van der Waals surface area contributed by atoms with E-state index in [1.165, 1.54) is 103 Å². The molecule has 66 heavy (non-hydrogen) atoms. The first-order valence-electron chi connectivity index (χ1n) is 26.6. The topological polar surface area (TPSA) is 99.1 Å². The normalized spacial score (nSPS) is 13.5. The average Bonchev–Trinajstić information content (AvgIpc) is 3.28. The number of quaternary nitrogens is 1. The van der Waals surface area contributed by atoms with Gasteiger partial charge in [0.2, 0.25) is 0 Å². The van der Waals surface area contributed by atoms with Crippen LogP contribution in [0.1, 0.15) is 213 Å². The van der Waals surface area contributed by atoms with Crippen LogP contribution in [0, 0.1) is 0 Å². The van der Waals surface area contributed by atoms with E-state index in [1.807, 2.05) is 21.1 Å². The summed E-state index contributed by atoms with van der Waals surface area (Å²) in [5, 5.41) is 9.66. The predicted octanol–water partition coefficient (Wildman–Crippen LogP) is 15.6. The number of likely N-dealkylation sites (N-methyl/N-ethyl adjacent to an activating group) is 1. The second-order valence-electron chi connectivity index (χ2n) is 18.7. The number of ether oxygens (including phenoxy) is 3. The van der Waals surface area contributed by atoms with Crippen molar-refractivity contribution >= 4 is 17.9 Å². The van der Waals surface area contributed by atoms with Crippen LogP contribution < -0.4 is 0 Å². The van der Waals surface area contributed by atoms with E-state index < -0.39 is 18.1 Å². The SMILES string of the molecule is CC/C=C/C/C=C/CCCCCCCCCCCCCCCCC(=O)OC(COCCC(C(=O)O)[N+](C)(C)C)COC(=O)CCCC/C=C/C/C=C/C/C=C/C/C=C/C/C=C/CCCCC. The summed E-state index contributed by atoms with van der Waals surface area (Å²) in [5.74, 6) is -1.52. The van der Waals surface area contributed by atoms with Crippen molar-refractivity contribution in [2.45, 2.75) is 225 Å². The van der Waals surface area contributed by atoms with Gasteiger partial charge in [-0.15, -0.1) is 0 Å². The maximum absolute atomic E-state index is 12.8. The fraction of sp³-hybridized carbons (Fsp3) is 0.707. The number of carboxylic acids is 1. The summed E-state index contributed by atoms with van der Waals surface area (Å²) in [4.78, 5) is 37.2. The number of hydrogen-bond donors (Lipinski definition) is 1. The Labute approximate surface area is 405 Å². The molecule has 2 unspecified atom stereocenters. The lowest BCUT2D eigenvalue weighted by Crippen LogP contribution is -2.50. The van der Waals surface area contributed by atoms with Gasteiger partial charge in [-0.2, -0.15) is 0 Å². The van der Waals surface area contributed by atoms with Crippen molar-refractivity contribution in [3.8, 4) is 0 Å². The maximum atomic E-state index is 12.8. The summed E-state index contributed by atoms with van der Waals surface area (Å²) in [6.07, 6.45) is 63.5. The first-order chi connectivity index (χ1) is 32.1. The molecule has 0 aliphatic rings. The first-order valence-corrected chi connectivity index (χ1v) is 26.6.